The SMILES string of the molecule is COc1cc(OCCCc2oc(-n3ccnc3C)nc2-c2ccc(Cl)cc2)cc(OC)c1OC. The minimum absolute atomic E-state index is 0.457. The van der Waals surface area contributed by atoms with Crippen LogP contribution in [-0.4, -0.2) is 42.5 Å². The van der Waals surface area contributed by atoms with Crippen molar-refractivity contribution in [2.24, 2.45) is 0 Å². The van der Waals surface area contributed by atoms with E-state index in [-0.39, 0.29) is 0 Å². The van der Waals surface area contributed by atoms with Gasteiger partial charge in [-0.25, -0.2) is 4.98 Å². The maximum Gasteiger partial charge on any atom is 0.307 e. The number of nitrogens with zero attached hydrogens (tertiary/aromatic N) is 3. The Labute approximate surface area is 203 Å². The van der Waals surface area contributed by atoms with Crippen LogP contribution in [0.25, 0.3) is 17.3 Å². The first-order valence-corrected chi connectivity index (χ1v) is 11.1. The average Bonchev–Trinajstić information content (AvgIpc) is 3.47. The first kappa shape index (κ1) is 23.5. The third-order valence-electron chi connectivity index (χ3n) is 5.29. The van der Waals surface area contributed by atoms with Gasteiger partial charge in [-0.15, -0.1) is 0 Å². The van der Waals surface area contributed by atoms with Gasteiger partial charge in [0.2, 0.25) is 5.75 Å². The Bertz CT molecular complexity index is 1220. The number of hydrogen-bond acceptors (Lipinski definition) is 7. The van der Waals surface area contributed by atoms with Crippen molar-refractivity contribution in [3.63, 3.8) is 0 Å². The van der Waals surface area contributed by atoms with Crippen molar-refractivity contribution in [3.05, 3.63) is 65.4 Å². The largest absolute Gasteiger partial charge is 0.493 e. The van der Waals surface area contributed by atoms with Crippen molar-refractivity contribution >= 4 is 11.6 Å². The number of hydrogen-bond donors (Lipinski definition) is 0. The van der Waals surface area contributed by atoms with Crippen molar-refractivity contribution in [2.75, 3.05) is 27.9 Å². The molecule has 0 spiro atoms. The lowest BCUT2D eigenvalue weighted by Crippen LogP contribution is -2.01. The molecule has 4 aromatic rings. The van der Waals surface area contributed by atoms with Crippen molar-refractivity contribution in [1.29, 1.82) is 0 Å². The number of oxazole rings is 1. The van der Waals surface area contributed by atoms with E-state index >= 15 is 0 Å². The second kappa shape index (κ2) is 10.5. The lowest BCUT2D eigenvalue weighted by atomic mass is 10.1. The van der Waals surface area contributed by atoms with Crippen molar-refractivity contribution in [2.45, 2.75) is 19.8 Å². The summed E-state index contributed by atoms with van der Waals surface area (Å²) in [6, 6.07) is 11.6. The molecule has 2 heterocycles. The van der Waals surface area contributed by atoms with Crippen LogP contribution in [0.2, 0.25) is 5.02 Å². The average molecular weight is 484 g/mol. The zero-order chi connectivity index (χ0) is 24.1. The number of rotatable bonds is 10. The lowest BCUT2D eigenvalue weighted by Gasteiger charge is -2.14. The van der Waals surface area contributed by atoms with Gasteiger partial charge < -0.3 is 23.4 Å². The molecule has 178 valence electrons. The summed E-state index contributed by atoms with van der Waals surface area (Å²) in [7, 11) is 4.71. The fraction of sp³-hybridized carbons (Fsp3) is 0.280. The summed E-state index contributed by atoms with van der Waals surface area (Å²) in [5.41, 5.74) is 1.70. The third-order valence-corrected chi connectivity index (χ3v) is 5.54. The molecular weight excluding hydrogens is 458 g/mol. The first-order chi connectivity index (χ1) is 16.5. The van der Waals surface area contributed by atoms with Crippen LogP contribution in [-0.2, 0) is 6.42 Å². The van der Waals surface area contributed by atoms with E-state index < -0.39 is 0 Å². The Morgan fingerprint density at radius 2 is 1.71 bits per heavy atom. The fourth-order valence-corrected chi connectivity index (χ4v) is 3.71. The highest BCUT2D eigenvalue weighted by Gasteiger charge is 2.18. The highest BCUT2D eigenvalue weighted by atomic mass is 35.5. The number of imidazole rings is 1. The number of aryl methyl sites for hydroxylation is 2. The molecule has 4 rings (SSSR count). The van der Waals surface area contributed by atoms with Gasteiger partial charge in [-0.05, 0) is 25.5 Å². The molecule has 0 unspecified atom stereocenters. The molecule has 0 fully saturated rings. The molecule has 0 amide bonds. The normalized spacial score (nSPS) is 10.9. The molecule has 0 aliphatic carbocycles. The summed E-state index contributed by atoms with van der Waals surface area (Å²) in [5, 5.41) is 0.665. The van der Waals surface area contributed by atoms with E-state index in [1.165, 1.54) is 0 Å². The fourth-order valence-electron chi connectivity index (χ4n) is 3.59. The topological polar surface area (TPSA) is 80.8 Å². The Kier molecular flexibility index (Phi) is 7.27. The molecule has 2 aromatic carbocycles. The van der Waals surface area contributed by atoms with E-state index in [9.17, 15) is 0 Å². The summed E-state index contributed by atoms with van der Waals surface area (Å²) in [5.74, 6) is 3.78. The van der Waals surface area contributed by atoms with Gasteiger partial charge in [0.25, 0.3) is 0 Å². The number of aromatic nitrogens is 3. The van der Waals surface area contributed by atoms with Crippen LogP contribution < -0.4 is 18.9 Å². The summed E-state index contributed by atoms with van der Waals surface area (Å²) >= 11 is 6.07. The minimum atomic E-state index is 0.457. The molecule has 0 radical (unpaired) electrons. The molecule has 0 aliphatic heterocycles. The third kappa shape index (κ3) is 4.97. The second-order valence-corrected chi connectivity index (χ2v) is 7.87. The van der Waals surface area contributed by atoms with E-state index in [0.29, 0.717) is 53.5 Å². The standard InChI is InChI=1S/C25H26ClN3O5/c1-16-27-11-12-29(16)25-28-23(17-7-9-18(26)10-8-17)20(34-25)6-5-13-33-19-14-21(30-2)24(32-4)22(15-19)31-3/h7-12,14-15H,5-6,13H2,1-4H3. The van der Waals surface area contributed by atoms with Crippen LogP contribution in [0.5, 0.6) is 23.0 Å². The maximum atomic E-state index is 6.15. The first-order valence-electron chi connectivity index (χ1n) is 10.7. The Hall–Kier alpha value is -3.65. The van der Waals surface area contributed by atoms with E-state index in [1.54, 1.807) is 39.7 Å². The van der Waals surface area contributed by atoms with Crippen LogP contribution in [0.3, 0.4) is 0 Å². The van der Waals surface area contributed by atoms with Gasteiger partial charge in [-0.3, -0.25) is 4.57 Å². The van der Waals surface area contributed by atoms with Crippen molar-refractivity contribution in [1.82, 2.24) is 14.5 Å². The maximum absolute atomic E-state index is 6.15. The van der Waals surface area contributed by atoms with Crippen LogP contribution in [0.15, 0.2) is 53.2 Å². The molecule has 9 heteroatoms. The summed E-state index contributed by atoms with van der Waals surface area (Å²) in [4.78, 5) is 9.00. The Balaban J connectivity index is 1.51. The Morgan fingerprint density at radius 1 is 1.00 bits per heavy atom. The molecule has 8 nitrogen and oxygen atoms in total. The van der Waals surface area contributed by atoms with Gasteiger partial charge >= 0.3 is 6.01 Å². The lowest BCUT2D eigenvalue weighted by molar-refractivity contribution is 0.292. The summed E-state index contributed by atoms with van der Waals surface area (Å²) in [6.07, 6.45) is 4.87. The highest BCUT2D eigenvalue weighted by molar-refractivity contribution is 6.30. The molecule has 0 bridgehead atoms. The van der Waals surface area contributed by atoms with Gasteiger partial charge in [-0.1, -0.05) is 23.7 Å². The molecule has 0 saturated carbocycles. The van der Waals surface area contributed by atoms with Gasteiger partial charge in [-0.2, -0.15) is 4.98 Å². The molecule has 34 heavy (non-hydrogen) atoms. The smallest absolute Gasteiger partial charge is 0.307 e. The van der Waals surface area contributed by atoms with Crippen LogP contribution in [0.1, 0.15) is 18.0 Å². The quantitative estimate of drug-likeness (QED) is 0.274. The number of benzene rings is 2. The zero-order valence-corrected chi connectivity index (χ0v) is 20.3. The van der Waals surface area contributed by atoms with E-state index in [2.05, 4.69) is 4.98 Å². The summed E-state index contributed by atoms with van der Waals surface area (Å²) in [6.45, 7) is 2.36. The molecule has 0 aliphatic rings. The van der Waals surface area contributed by atoms with E-state index in [4.69, 9.17) is 39.9 Å². The van der Waals surface area contributed by atoms with Crippen LogP contribution in [0.4, 0.5) is 0 Å². The van der Waals surface area contributed by atoms with Crippen LogP contribution in [0, 0.1) is 6.92 Å². The highest BCUT2D eigenvalue weighted by Crippen LogP contribution is 2.40. The number of ether oxygens (including phenoxy) is 4. The van der Waals surface area contributed by atoms with Gasteiger partial charge in [0.1, 0.15) is 23.0 Å². The second-order valence-electron chi connectivity index (χ2n) is 7.43. The monoisotopic (exact) mass is 483 g/mol. The van der Waals surface area contributed by atoms with E-state index in [1.807, 2.05) is 42.0 Å². The Morgan fingerprint density at radius 3 is 2.29 bits per heavy atom. The number of halogens is 1. The molecule has 2 aromatic heterocycles. The van der Waals surface area contributed by atoms with Crippen molar-refractivity contribution < 1.29 is 23.4 Å². The minimum Gasteiger partial charge on any atom is -0.493 e. The predicted molar refractivity (Wildman–Crippen MR) is 129 cm³/mol. The predicted octanol–water partition coefficient (Wildman–Crippen LogP) is 5.53. The van der Waals surface area contributed by atoms with Gasteiger partial charge in [0.05, 0.1) is 27.9 Å². The molecule has 0 N–H and O–H groups in total. The molecular formula is C25H26ClN3O5. The van der Waals surface area contributed by atoms with Gasteiger partial charge in [0, 0.05) is 41.5 Å². The van der Waals surface area contributed by atoms with Crippen LogP contribution >= 0.6 is 11.6 Å². The summed E-state index contributed by atoms with van der Waals surface area (Å²) < 4.78 is 30.1. The molecule has 0 atom stereocenters. The molecule has 0 saturated heterocycles. The van der Waals surface area contributed by atoms with E-state index in [0.717, 1.165) is 22.8 Å². The van der Waals surface area contributed by atoms with Gasteiger partial charge in [0.15, 0.2) is 11.5 Å². The zero-order valence-electron chi connectivity index (χ0n) is 19.5. The van der Waals surface area contributed by atoms with Crippen molar-refractivity contribution in [3.8, 4) is 40.3 Å². The number of methoxy groups -OCH3 is 3.